The third kappa shape index (κ3) is 6.57. The molecule has 3 aromatic rings. The maximum absolute atomic E-state index is 13.7. The molecule has 1 saturated heterocycles. The number of hydrogen-bond acceptors (Lipinski definition) is 8. The second-order valence-electron chi connectivity index (χ2n) is 8.01. The number of nitrogens with zero attached hydrogens (tertiary/aromatic N) is 4. The fraction of sp³-hybridized carbons (Fsp3) is 0.417. The van der Waals surface area contributed by atoms with Crippen molar-refractivity contribution in [2.45, 2.75) is 9.92 Å². The van der Waals surface area contributed by atoms with Gasteiger partial charge in [-0.2, -0.15) is 0 Å². The van der Waals surface area contributed by atoms with Crippen LogP contribution in [0.25, 0.3) is 10.9 Å². The Bertz CT molecular complexity index is 1120. The molecule has 1 fully saturated rings. The van der Waals surface area contributed by atoms with Crippen LogP contribution < -0.4 is 9.47 Å². The lowest BCUT2D eigenvalue weighted by Crippen LogP contribution is -2.45. The molecule has 2 heterocycles. The molecule has 0 bridgehead atoms. The van der Waals surface area contributed by atoms with Crippen molar-refractivity contribution in [3.63, 3.8) is 0 Å². The van der Waals surface area contributed by atoms with Crippen LogP contribution >= 0.6 is 27.7 Å². The lowest BCUT2D eigenvalue weighted by Gasteiger charge is -2.32. The van der Waals surface area contributed by atoms with Crippen molar-refractivity contribution in [3.8, 4) is 11.5 Å². The maximum atomic E-state index is 13.7. The van der Waals surface area contributed by atoms with Crippen LogP contribution in [0.5, 0.6) is 11.5 Å². The lowest BCUT2D eigenvalue weighted by atomic mass is 10.2. The van der Waals surface area contributed by atoms with Crippen molar-refractivity contribution in [2.75, 3.05) is 66.7 Å². The molecule has 34 heavy (non-hydrogen) atoms. The highest BCUT2D eigenvalue weighted by atomic mass is 79.9. The van der Waals surface area contributed by atoms with E-state index in [-0.39, 0.29) is 5.82 Å². The number of rotatable bonds is 10. The van der Waals surface area contributed by atoms with Crippen molar-refractivity contribution < 1.29 is 18.6 Å². The maximum Gasteiger partial charge on any atom is 0.137 e. The molecule has 182 valence electrons. The average Bonchev–Trinajstić information content (AvgIpc) is 2.83. The molecule has 2 aromatic carbocycles. The number of aromatic nitrogens is 2. The summed E-state index contributed by atoms with van der Waals surface area (Å²) in [5, 5.41) is 1.51. The summed E-state index contributed by atoms with van der Waals surface area (Å²) >= 11 is 4.67. The van der Waals surface area contributed by atoms with Crippen LogP contribution in [0.15, 0.2) is 51.1 Å². The Morgan fingerprint density at radius 1 is 1.03 bits per heavy atom. The summed E-state index contributed by atoms with van der Waals surface area (Å²) in [7, 11) is 3.79. The molecule has 0 aliphatic carbocycles. The van der Waals surface area contributed by atoms with Crippen LogP contribution in [-0.2, 0) is 4.74 Å². The first kappa shape index (κ1) is 25.1. The zero-order valence-electron chi connectivity index (χ0n) is 19.3. The quantitative estimate of drug-likeness (QED) is 0.273. The van der Waals surface area contributed by atoms with Gasteiger partial charge in [0.15, 0.2) is 0 Å². The van der Waals surface area contributed by atoms with Gasteiger partial charge in [0.2, 0.25) is 0 Å². The molecule has 10 heteroatoms. The van der Waals surface area contributed by atoms with Gasteiger partial charge in [-0.05, 0) is 41.2 Å². The molecule has 0 radical (unpaired) electrons. The number of halogens is 2. The number of fused-ring (bicyclic) bond motifs is 1. The highest BCUT2D eigenvalue weighted by molar-refractivity contribution is 9.10. The predicted molar refractivity (Wildman–Crippen MR) is 135 cm³/mol. The predicted octanol–water partition coefficient (Wildman–Crippen LogP) is 4.33. The normalized spacial score (nSPS) is 15.1. The Morgan fingerprint density at radius 3 is 2.62 bits per heavy atom. The number of benzene rings is 2. The second-order valence-corrected chi connectivity index (χ2v) is 9.92. The largest absolute Gasteiger partial charge is 0.492 e. The molecule has 4 rings (SSSR count). The fourth-order valence-electron chi connectivity index (χ4n) is 3.63. The monoisotopic (exact) mass is 550 g/mol. The second kappa shape index (κ2) is 12.1. The molecule has 0 saturated carbocycles. The van der Waals surface area contributed by atoms with Crippen molar-refractivity contribution in [1.29, 1.82) is 0 Å². The smallest absolute Gasteiger partial charge is 0.137 e. The van der Waals surface area contributed by atoms with Gasteiger partial charge < -0.3 is 19.1 Å². The number of piperazine rings is 1. The Kier molecular flexibility index (Phi) is 8.96. The highest BCUT2D eigenvalue weighted by Crippen LogP contribution is 2.39. The van der Waals surface area contributed by atoms with Crippen LogP contribution in [0, 0.1) is 5.82 Å². The molecule has 7 nitrogen and oxygen atoms in total. The van der Waals surface area contributed by atoms with Gasteiger partial charge in [-0.25, -0.2) is 14.4 Å². The van der Waals surface area contributed by atoms with Crippen molar-refractivity contribution >= 4 is 38.6 Å². The van der Waals surface area contributed by atoms with Gasteiger partial charge in [0.1, 0.15) is 41.9 Å². The summed E-state index contributed by atoms with van der Waals surface area (Å²) in [6.07, 6.45) is 1.52. The van der Waals surface area contributed by atoms with E-state index in [1.54, 1.807) is 19.2 Å². The first-order valence-corrected chi connectivity index (χ1v) is 12.7. The zero-order chi connectivity index (χ0) is 23.9. The molecule has 1 aliphatic heterocycles. The van der Waals surface area contributed by atoms with Crippen LogP contribution in [0.3, 0.4) is 0 Å². The first-order chi connectivity index (χ1) is 16.5. The molecular formula is C24H28BrFN4O3S. The van der Waals surface area contributed by atoms with E-state index in [2.05, 4.69) is 42.7 Å². The van der Waals surface area contributed by atoms with Crippen molar-refractivity contribution in [1.82, 2.24) is 19.8 Å². The summed E-state index contributed by atoms with van der Waals surface area (Å²) < 4.78 is 31.4. The van der Waals surface area contributed by atoms with Gasteiger partial charge in [0, 0.05) is 56.9 Å². The minimum absolute atomic E-state index is 0.307. The lowest BCUT2D eigenvalue weighted by molar-refractivity contribution is 0.133. The first-order valence-electron chi connectivity index (χ1n) is 11.1. The van der Waals surface area contributed by atoms with Crippen molar-refractivity contribution in [2.24, 2.45) is 0 Å². The minimum atomic E-state index is -0.307. The van der Waals surface area contributed by atoms with Gasteiger partial charge in [-0.15, -0.1) is 0 Å². The van der Waals surface area contributed by atoms with Gasteiger partial charge in [-0.3, -0.25) is 4.90 Å². The zero-order valence-corrected chi connectivity index (χ0v) is 21.7. The molecule has 0 spiro atoms. The van der Waals surface area contributed by atoms with Crippen LogP contribution in [0.1, 0.15) is 0 Å². The van der Waals surface area contributed by atoms with E-state index in [0.29, 0.717) is 35.8 Å². The molecule has 0 unspecified atom stereocenters. The third-order valence-corrected chi connectivity index (χ3v) is 7.16. The number of ether oxygens (including phenoxy) is 3. The topological polar surface area (TPSA) is 60.0 Å². The number of methoxy groups -OCH3 is 1. The van der Waals surface area contributed by atoms with E-state index < -0.39 is 0 Å². The van der Waals surface area contributed by atoms with Gasteiger partial charge in [0.25, 0.3) is 0 Å². The van der Waals surface area contributed by atoms with Crippen LogP contribution in [-0.4, -0.2) is 86.5 Å². The van der Waals surface area contributed by atoms with E-state index in [9.17, 15) is 4.39 Å². The summed E-state index contributed by atoms with van der Waals surface area (Å²) in [4.78, 5) is 14.6. The average molecular weight is 551 g/mol. The third-order valence-electron chi connectivity index (χ3n) is 5.56. The summed E-state index contributed by atoms with van der Waals surface area (Å²) in [5.41, 5.74) is 0.725. The highest BCUT2D eigenvalue weighted by Gasteiger charge is 2.16. The van der Waals surface area contributed by atoms with E-state index in [1.165, 1.54) is 24.2 Å². The van der Waals surface area contributed by atoms with Gasteiger partial charge in [0.05, 0.1) is 22.0 Å². The molecule has 0 N–H and O–H groups in total. The molecule has 1 aliphatic rings. The van der Waals surface area contributed by atoms with Crippen LogP contribution in [0.2, 0.25) is 0 Å². The Labute approximate surface area is 211 Å². The van der Waals surface area contributed by atoms with E-state index in [4.69, 9.17) is 14.2 Å². The Balaban J connectivity index is 1.55. The van der Waals surface area contributed by atoms with Crippen molar-refractivity contribution in [3.05, 3.63) is 46.9 Å². The van der Waals surface area contributed by atoms with Gasteiger partial charge >= 0.3 is 0 Å². The Hall–Kier alpha value is -1.98. The molecule has 1 aromatic heterocycles. The number of likely N-dealkylation sites (N-methyl/N-ethyl adjacent to an activating group) is 1. The van der Waals surface area contributed by atoms with Crippen LogP contribution in [0.4, 0.5) is 4.39 Å². The molecular weight excluding hydrogens is 523 g/mol. The van der Waals surface area contributed by atoms with E-state index >= 15 is 0 Å². The number of hydrogen-bond donors (Lipinski definition) is 0. The molecule has 0 atom stereocenters. The fourth-order valence-corrected chi connectivity index (χ4v) is 5.10. The SMILES string of the molecule is COCCOc1cc(OCCN2CCN(C)CC2)cc2ncnc(Sc3ccc(F)c(Br)c3)c12. The summed E-state index contributed by atoms with van der Waals surface area (Å²) in [6, 6.07) is 8.68. The molecule has 0 amide bonds. The van der Waals surface area contributed by atoms with E-state index in [1.807, 2.05) is 12.1 Å². The standard InChI is InChI=1S/C24H28BrFN4O3S/c1-29-5-7-30(8-6-29)9-10-32-17-13-21-23(22(14-17)33-12-11-31-2)24(28-16-27-21)34-18-3-4-20(26)19(25)15-18/h3-4,13-16H,5-12H2,1-2H3. The van der Waals surface area contributed by atoms with E-state index in [0.717, 1.165) is 53.5 Å². The summed E-state index contributed by atoms with van der Waals surface area (Å²) in [6.45, 7) is 6.56. The Morgan fingerprint density at radius 2 is 1.85 bits per heavy atom. The minimum Gasteiger partial charge on any atom is -0.492 e. The van der Waals surface area contributed by atoms with Gasteiger partial charge in [-0.1, -0.05) is 11.8 Å². The summed E-state index contributed by atoms with van der Waals surface area (Å²) in [5.74, 6) is 1.03.